The van der Waals surface area contributed by atoms with Crippen LogP contribution in [0.5, 0.6) is 0 Å². The molecule has 1 unspecified atom stereocenters. The zero-order valence-electron chi connectivity index (χ0n) is 44.6. The number of Topliss-reactive ketones (excluding diaryl/α,β-unsaturated/α-hetero) is 3. The monoisotopic (exact) mass is 961 g/mol. The van der Waals surface area contributed by atoms with E-state index >= 15 is 0 Å². The van der Waals surface area contributed by atoms with Gasteiger partial charge in [0.1, 0.15) is 0 Å². The van der Waals surface area contributed by atoms with Crippen LogP contribution in [-0.4, -0.2) is 47.9 Å². The Labute approximate surface area is 425 Å². The molecule has 3 atom stereocenters. The third kappa shape index (κ3) is 8.25. The van der Waals surface area contributed by atoms with Crippen molar-refractivity contribution in [3.63, 3.8) is 0 Å². The van der Waals surface area contributed by atoms with Crippen LogP contribution in [0.25, 0.3) is 0 Å². The Bertz CT molecular complexity index is 2960. The van der Waals surface area contributed by atoms with Crippen molar-refractivity contribution in [2.45, 2.75) is 157 Å². The highest BCUT2D eigenvalue weighted by Crippen LogP contribution is 2.55. The topological polar surface area (TPSA) is 137 Å². The van der Waals surface area contributed by atoms with Crippen LogP contribution >= 0.6 is 0 Å². The normalized spacial score (nSPS) is 25.4. The molecule has 72 heavy (non-hydrogen) atoms. The first-order valence-electron chi connectivity index (χ1n) is 26.0. The molecule has 6 aromatic rings. The lowest BCUT2D eigenvalue weighted by Gasteiger charge is -2.43. The molecule has 6 aliphatic carbocycles. The number of fused-ring (bicyclic) bond motifs is 3. The number of allylic oxidation sites excluding steroid dienone is 6. The summed E-state index contributed by atoms with van der Waals surface area (Å²) >= 11 is 0. The molecule has 0 saturated heterocycles. The van der Waals surface area contributed by atoms with Crippen LogP contribution in [0.1, 0.15) is 168 Å². The first-order chi connectivity index (χ1) is 33.9. The van der Waals surface area contributed by atoms with Gasteiger partial charge in [0.25, 0.3) is 0 Å². The number of hydrogen-bond acceptors (Lipinski definition) is 6. The maximum atomic E-state index is 13.2. The van der Waals surface area contributed by atoms with E-state index in [1.54, 1.807) is 0 Å². The molecule has 372 valence electrons. The molecule has 12 rings (SSSR count). The summed E-state index contributed by atoms with van der Waals surface area (Å²) in [5.74, 6) is 0.909. The number of aromatic nitrogens is 6. The Balaban J connectivity index is 0.000000124. The van der Waals surface area contributed by atoms with Crippen LogP contribution < -0.4 is 0 Å². The lowest BCUT2D eigenvalue weighted by molar-refractivity contribution is -0.119. The number of rotatable bonds is 3. The Hall–Kier alpha value is -6.48. The molecule has 3 N–H and O–H groups in total. The third-order valence-electron chi connectivity index (χ3n) is 17.1. The summed E-state index contributed by atoms with van der Waals surface area (Å²) in [5, 5.41) is 22.4. The van der Waals surface area contributed by atoms with Crippen LogP contribution in [0.3, 0.4) is 0 Å². The van der Waals surface area contributed by atoms with Crippen LogP contribution in [0.2, 0.25) is 0 Å². The van der Waals surface area contributed by atoms with Crippen LogP contribution in [0, 0.1) is 37.0 Å². The van der Waals surface area contributed by atoms with Gasteiger partial charge in [-0.25, -0.2) is 0 Å². The molecule has 0 aliphatic heterocycles. The van der Waals surface area contributed by atoms with Crippen molar-refractivity contribution in [2.75, 3.05) is 0 Å². The quantitative estimate of drug-likeness (QED) is 0.162. The molecule has 3 aromatic heterocycles. The van der Waals surface area contributed by atoms with Crippen molar-refractivity contribution >= 4 is 17.3 Å². The standard InChI is InChI=1S/3C21H24N2O/c3*1-13-6-5-7-15(8-13)21(4)16-12-22-23-17(16)9-14-10-20(2,3)11-18(24)19(14)21/h3*5-8,12H,9-11H2,1-4H3,(H,22,23)/t2*21-;/m10./s1. The van der Waals surface area contributed by atoms with Gasteiger partial charge in [0.2, 0.25) is 0 Å². The number of H-pyrrole nitrogens is 3. The highest BCUT2D eigenvalue weighted by atomic mass is 16.1. The van der Waals surface area contributed by atoms with Gasteiger partial charge in [0.05, 0.1) is 18.6 Å². The van der Waals surface area contributed by atoms with E-state index in [4.69, 9.17) is 0 Å². The number of carbonyl (C=O) groups excluding carboxylic acids is 3. The molecule has 9 heteroatoms. The van der Waals surface area contributed by atoms with Gasteiger partial charge in [-0.3, -0.25) is 29.7 Å². The summed E-state index contributed by atoms with van der Waals surface area (Å²) in [6.07, 6.45) is 13.0. The minimum absolute atomic E-state index is 0.0426. The van der Waals surface area contributed by atoms with E-state index in [1.165, 1.54) is 50.1 Å². The van der Waals surface area contributed by atoms with Crippen LogP contribution in [-0.2, 0) is 49.9 Å². The summed E-state index contributed by atoms with van der Waals surface area (Å²) in [6.45, 7) is 26.1. The summed E-state index contributed by atoms with van der Waals surface area (Å²) in [7, 11) is 0. The fourth-order valence-electron chi connectivity index (χ4n) is 14.1. The predicted octanol–water partition coefficient (Wildman–Crippen LogP) is 12.8. The van der Waals surface area contributed by atoms with E-state index in [0.717, 1.165) is 89.0 Å². The first kappa shape index (κ1) is 49.1. The fourth-order valence-corrected chi connectivity index (χ4v) is 14.1. The molecule has 6 aliphatic rings. The number of aromatic amines is 3. The maximum Gasteiger partial charge on any atom is 0.160 e. The lowest BCUT2D eigenvalue weighted by atomic mass is 9.58. The largest absolute Gasteiger partial charge is 0.294 e. The Morgan fingerprint density at radius 2 is 0.653 bits per heavy atom. The molecule has 0 radical (unpaired) electrons. The number of aryl methyl sites for hydroxylation is 3. The van der Waals surface area contributed by atoms with Crippen LogP contribution in [0.15, 0.2) is 125 Å². The van der Waals surface area contributed by atoms with Gasteiger partial charge in [0.15, 0.2) is 17.3 Å². The molecule has 3 heterocycles. The minimum atomic E-state index is -0.407. The van der Waals surface area contributed by atoms with Crippen molar-refractivity contribution in [3.8, 4) is 0 Å². The van der Waals surface area contributed by atoms with E-state index in [9.17, 15) is 14.4 Å². The van der Waals surface area contributed by atoms with E-state index in [1.807, 2.05) is 18.6 Å². The summed E-state index contributed by atoms with van der Waals surface area (Å²) in [5.41, 5.74) is 20.0. The summed E-state index contributed by atoms with van der Waals surface area (Å²) in [4.78, 5) is 39.5. The Kier molecular flexibility index (Phi) is 11.8. The predicted molar refractivity (Wildman–Crippen MR) is 285 cm³/mol. The first-order valence-corrected chi connectivity index (χ1v) is 26.0. The van der Waals surface area contributed by atoms with Gasteiger partial charge in [0, 0.05) is 105 Å². The molecule has 9 nitrogen and oxygen atoms in total. The van der Waals surface area contributed by atoms with Gasteiger partial charge in [-0.2, -0.15) is 15.3 Å². The molecular formula is C63H72N6O3. The average Bonchev–Trinajstić information content (AvgIpc) is 4.08. The van der Waals surface area contributed by atoms with Crippen molar-refractivity contribution in [2.24, 2.45) is 16.2 Å². The molecule has 3 aromatic carbocycles. The smallest absolute Gasteiger partial charge is 0.160 e. The van der Waals surface area contributed by atoms with Crippen molar-refractivity contribution in [1.29, 1.82) is 0 Å². The lowest BCUT2D eigenvalue weighted by Crippen LogP contribution is -2.40. The zero-order valence-corrected chi connectivity index (χ0v) is 44.6. The second-order valence-electron chi connectivity index (χ2n) is 25.1. The maximum absolute atomic E-state index is 13.2. The van der Waals surface area contributed by atoms with E-state index in [0.29, 0.717) is 36.6 Å². The van der Waals surface area contributed by atoms with Gasteiger partial charge in [-0.15, -0.1) is 0 Å². The van der Waals surface area contributed by atoms with Crippen molar-refractivity contribution in [3.05, 3.63) is 192 Å². The van der Waals surface area contributed by atoms with Gasteiger partial charge in [-0.1, -0.05) is 148 Å². The SMILES string of the molecule is Cc1cccc(C2(C)C3=C(Cc4[nH]ncc42)CC(C)(C)CC3=O)c1.Cc1cccc([C@@]2(C)C3=C(Cc4[nH]ncc42)CC(C)(C)CC3=O)c1.Cc1cccc([C@]2(C)C3=C(Cc4[nH]ncc42)CC(C)(C)CC3=O)c1. The highest BCUT2D eigenvalue weighted by molar-refractivity contribution is 6.03. The number of nitrogens with one attached hydrogen (secondary N) is 3. The number of carbonyl (C=O) groups is 3. The van der Waals surface area contributed by atoms with E-state index in [2.05, 4.69) is 186 Å². The molecule has 0 bridgehead atoms. The Morgan fingerprint density at radius 3 is 0.903 bits per heavy atom. The number of hydrogen-bond donors (Lipinski definition) is 3. The highest BCUT2D eigenvalue weighted by Gasteiger charge is 2.51. The molecule has 0 spiro atoms. The van der Waals surface area contributed by atoms with Crippen LogP contribution in [0.4, 0.5) is 0 Å². The zero-order chi connectivity index (χ0) is 51.3. The van der Waals surface area contributed by atoms with Crippen molar-refractivity contribution in [1.82, 2.24) is 30.6 Å². The second-order valence-corrected chi connectivity index (χ2v) is 25.1. The fraction of sp³-hybridized carbons (Fsp3) is 0.429. The molecule has 0 fully saturated rings. The minimum Gasteiger partial charge on any atom is -0.294 e. The van der Waals surface area contributed by atoms with Gasteiger partial charge in [-0.05, 0) is 93.7 Å². The number of benzene rings is 3. The number of nitrogens with zero attached hydrogens (tertiary/aromatic N) is 3. The molecular weight excluding hydrogens is 889 g/mol. The van der Waals surface area contributed by atoms with Gasteiger partial charge >= 0.3 is 0 Å². The van der Waals surface area contributed by atoms with Crippen molar-refractivity contribution < 1.29 is 14.4 Å². The van der Waals surface area contributed by atoms with Gasteiger partial charge < -0.3 is 0 Å². The average molecular weight is 961 g/mol. The van der Waals surface area contributed by atoms with E-state index in [-0.39, 0.29) is 16.2 Å². The number of ketones is 3. The summed E-state index contributed by atoms with van der Waals surface area (Å²) in [6, 6.07) is 25.6. The third-order valence-corrected chi connectivity index (χ3v) is 17.1. The van der Waals surface area contributed by atoms with E-state index < -0.39 is 16.2 Å². The molecule has 0 amide bonds. The Morgan fingerprint density at radius 1 is 0.389 bits per heavy atom. The molecule has 0 saturated carbocycles. The summed E-state index contributed by atoms with van der Waals surface area (Å²) < 4.78 is 0. The second kappa shape index (κ2) is 17.3.